The lowest BCUT2D eigenvalue weighted by Crippen LogP contribution is -2.17. The van der Waals surface area contributed by atoms with Crippen LogP contribution in [0.3, 0.4) is 0 Å². The summed E-state index contributed by atoms with van der Waals surface area (Å²) in [6.07, 6.45) is 2.42. The van der Waals surface area contributed by atoms with E-state index in [4.69, 9.17) is 16.3 Å². The van der Waals surface area contributed by atoms with Crippen LogP contribution in [0.25, 0.3) is 0 Å². The summed E-state index contributed by atoms with van der Waals surface area (Å²) in [7, 11) is 0. The molecule has 88 valence electrons. The summed E-state index contributed by atoms with van der Waals surface area (Å²) in [4.78, 5) is 0. The average molecular weight is 239 g/mol. The maximum Gasteiger partial charge on any atom is 0.0551 e. The van der Waals surface area contributed by atoms with Gasteiger partial charge in [-0.15, -0.1) is 11.6 Å². The third-order valence-corrected chi connectivity index (χ3v) is 3.76. The van der Waals surface area contributed by atoms with Crippen LogP contribution in [0.4, 0.5) is 0 Å². The lowest BCUT2D eigenvalue weighted by Gasteiger charge is -2.15. The van der Waals surface area contributed by atoms with Gasteiger partial charge in [0.15, 0.2) is 0 Å². The van der Waals surface area contributed by atoms with Crippen molar-refractivity contribution in [1.82, 2.24) is 0 Å². The molecule has 0 radical (unpaired) electrons. The maximum absolute atomic E-state index is 6.46. The van der Waals surface area contributed by atoms with Crippen molar-refractivity contribution >= 4 is 11.6 Å². The van der Waals surface area contributed by atoms with E-state index in [-0.39, 0.29) is 5.38 Å². The molecule has 1 aliphatic rings. The Morgan fingerprint density at radius 1 is 1.50 bits per heavy atom. The second kappa shape index (κ2) is 5.20. The monoisotopic (exact) mass is 238 g/mol. The summed E-state index contributed by atoms with van der Waals surface area (Å²) < 4.78 is 5.56. The molecule has 0 N–H and O–H groups in total. The molecule has 3 atom stereocenters. The molecule has 1 aromatic carbocycles. The van der Waals surface area contributed by atoms with Crippen molar-refractivity contribution in [3.63, 3.8) is 0 Å². The van der Waals surface area contributed by atoms with E-state index in [0.717, 1.165) is 19.4 Å². The van der Waals surface area contributed by atoms with Crippen LogP contribution in [0.5, 0.6) is 0 Å². The first-order valence-corrected chi connectivity index (χ1v) is 6.40. The molecule has 0 aliphatic carbocycles. The van der Waals surface area contributed by atoms with Gasteiger partial charge in [0.25, 0.3) is 0 Å². The molecule has 3 unspecified atom stereocenters. The topological polar surface area (TPSA) is 9.23 Å². The molecule has 1 saturated heterocycles. The SMILES string of the molecule is Cc1cccc(CC(Cl)C2COC(C)C2)c1. The molecule has 0 amide bonds. The molecular weight excluding hydrogens is 220 g/mol. The van der Waals surface area contributed by atoms with E-state index in [2.05, 4.69) is 38.1 Å². The third-order valence-electron chi connectivity index (χ3n) is 3.25. The highest BCUT2D eigenvalue weighted by atomic mass is 35.5. The number of hydrogen-bond donors (Lipinski definition) is 0. The van der Waals surface area contributed by atoms with Gasteiger partial charge in [-0.25, -0.2) is 0 Å². The number of aryl methyl sites for hydroxylation is 1. The van der Waals surface area contributed by atoms with Crippen LogP contribution in [0.2, 0.25) is 0 Å². The molecular formula is C14H19ClO. The van der Waals surface area contributed by atoms with Crippen molar-refractivity contribution in [2.45, 2.75) is 38.2 Å². The molecule has 0 spiro atoms. The Morgan fingerprint density at radius 2 is 2.31 bits per heavy atom. The van der Waals surface area contributed by atoms with Gasteiger partial charge in [0.2, 0.25) is 0 Å². The first kappa shape index (κ1) is 11.9. The van der Waals surface area contributed by atoms with Crippen LogP contribution >= 0.6 is 11.6 Å². The van der Waals surface area contributed by atoms with E-state index in [0.29, 0.717) is 12.0 Å². The lowest BCUT2D eigenvalue weighted by molar-refractivity contribution is 0.120. The zero-order valence-corrected chi connectivity index (χ0v) is 10.7. The minimum absolute atomic E-state index is 0.201. The summed E-state index contributed by atoms with van der Waals surface area (Å²) in [5, 5.41) is 0.201. The number of hydrogen-bond acceptors (Lipinski definition) is 1. The van der Waals surface area contributed by atoms with Crippen molar-refractivity contribution in [2.75, 3.05) is 6.61 Å². The predicted octanol–water partition coefficient (Wildman–Crippen LogP) is 3.57. The Bertz CT molecular complexity index is 350. The second-order valence-electron chi connectivity index (χ2n) is 4.85. The minimum Gasteiger partial charge on any atom is -0.378 e. The van der Waals surface area contributed by atoms with E-state index in [1.807, 2.05) is 0 Å². The van der Waals surface area contributed by atoms with Gasteiger partial charge in [0.05, 0.1) is 12.7 Å². The van der Waals surface area contributed by atoms with Crippen LogP contribution < -0.4 is 0 Å². The molecule has 2 rings (SSSR count). The minimum atomic E-state index is 0.201. The summed E-state index contributed by atoms with van der Waals surface area (Å²) in [6, 6.07) is 8.59. The first-order valence-electron chi connectivity index (χ1n) is 5.96. The van der Waals surface area contributed by atoms with Crippen LogP contribution in [0.1, 0.15) is 24.5 Å². The fourth-order valence-electron chi connectivity index (χ4n) is 2.33. The Hall–Kier alpha value is -0.530. The summed E-state index contributed by atoms with van der Waals surface area (Å²) in [6.45, 7) is 5.06. The average Bonchev–Trinajstić information content (AvgIpc) is 2.65. The molecule has 1 aliphatic heterocycles. The quantitative estimate of drug-likeness (QED) is 0.732. The van der Waals surface area contributed by atoms with Crippen molar-refractivity contribution in [1.29, 1.82) is 0 Å². The van der Waals surface area contributed by atoms with Gasteiger partial charge in [-0.05, 0) is 32.3 Å². The van der Waals surface area contributed by atoms with E-state index in [9.17, 15) is 0 Å². The zero-order chi connectivity index (χ0) is 11.5. The maximum atomic E-state index is 6.46. The fraction of sp³-hybridized carbons (Fsp3) is 0.571. The highest BCUT2D eigenvalue weighted by molar-refractivity contribution is 6.20. The molecule has 0 aromatic heterocycles. The number of halogens is 1. The predicted molar refractivity (Wildman–Crippen MR) is 68.0 cm³/mol. The molecule has 0 bridgehead atoms. The highest BCUT2D eigenvalue weighted by Gasteiger charge is 2.28. The number of ether oxygens (including phenoxy) is 1. The summed E-state index contributed by atoms with van der Waals surface area (Å²) in [5.74, 6) is 0.511. The Kier molecular flexibility index (Phi) is 3.88. The van der Waals surface area contributed by atoms with E-state index in [1.165, 1.54) is 11.1 Å². The fourth-order valence-corrected chi connectivity index (χ4v) is 2.69. The van der Waals surface area contributed by atoms with Gasteiger partial charge >= 0.3 is 0 Å². The number of rotatable bonds is 3. The number of benzene rings is 1. The molecule has 16 heavy (non-hydrogen) atoms. The van der Waals surface area contributed by atoms with E-state index >= 15 is 0 Å². The van der Waals surface area contributed by atoms with Crippen LogP contribution in [-0.2, 0) is 11.2 Å². The normalized spacial score (nSPS) is 26.9. The van der Waals surface area contributed by atoms with Gasteiger partial charge in [-0.1, -0.05) is 29.8 Å². The standard InChI is InChI=1S/C14H19ClO/c1-10-4-3-5-12(6-10)8-14(15)13-7-11(2)16-9-13/h3-6,11,13-14H,7-9H2,1-2H3. The van der Waals surface area contributed by atoms with Gasteiger partial charge in [-0.3, -0.25) is 0 Å². The molecule has 1 nitrogen and oxygen atoms in total. The van der Waals surface area contributed by atoms with Crippen molar-refractivity contribution in [3.8, 4) is 0 Å². The Morgan fingerprint density at radius 3 is 2.94 bits per heavy atom. The molecule has 1 heterocycles. The van der Waals surface area contributed by atoms with Gasteiger partial charge in [-0.2, -0.15) is 0 Å². The van der Waals surface area contributed by atoms with Crippen molar-refractivity contribution in [3.05, 3.63) is 35.4 Å². The van der Waals surface area contributed by atoms with E-state index in [1.54, 1.807) is 0 Å². The van der Waals surface area contributed by atoms with Crippen LogP contribution in [-0.4, -0.2) is 18.1 Å². The Balaban J connectivity index is 1.94. The Labute approximate surface area is 103 Å². The molecule has 1 aromatic rings. The van der Waals surface area contributed by atoms with E-state index < -0.39 is 0 Å². The number of alkyl halides is 1. The molecule has 0 saturated carbocycles. The molecule has 2 heteroatoms. The van der Waals surface area contributed by atoms with Gasteiger partial charge < -0.3 is 4.74 Å². The largest absolute Gasteiger partial charge is 0.378 e. The van der Waals surface area contributed by atoms with Crippen molar-refractivity contribution in [2.24, 2.45) is 5.92 Å². The lowest BCUT2D eigenvalue weighted by atomic mass is 9.96. The molecule has 1 fully saturated rings. The zero-order valence-electron chi connectivity index (χ0n) is 9.95. The van der Waals surface area contributed by atoms with Crippen LogP contribution in [0, 0.1) is 12.8 Å². The van der Waals surface area contributed by atoms with Gasteiger partial charge in [0, 0.05) is 11.3 Å². The summed E-state index contributed by atoms with van der Waals surface area (Å²) >= 11 is 6.46. The highest BCUT2D eigenvalue weighted by Crippen LogP contribution is 2.27. The second-order valence-corrected chi connectivity index (χ2v) is 5.41. The van der Waals surface area contributed by atoms with Crippen LogP contribution in [0.15, 0.2) is 24.3 Å². The summed E-state index contributed by atoms with van der Waals surface area (Å²) in [5.41, 5.74) is 2.64. The smallest absolute Gasteiger partial charge is 0.0551 e. The van der Waals surface area contributed by atoms with Gasteiger partial charge in [0.1, 0.15) is 0 Å². The third kappa shape index (κ3) is 2.99. The van der Waals surface area contributed by atoms with Crippen molar-refractivity contribution < 1.29 is 4.74 Å². The first-order chi connectivity index (χ1) is 7.65.